The van der Waals surface area contributed by atoms with Crippen LogP contribution in [0, 0.1) is 29.4 Å². The summed E-state index contributed by atoms with van der Waals surface area (Å²) in [6.07, 6.45) is 13.7. The molecule has 4 fully saturated rings. The molecule has 3 N–H and O–H groups in total. The van der Waals surface area contributed by atoms with E-state index >= 15 is 8.78 Å². The molecule has 2 aromatic carbocycles. The number of aromatic hydroxyl groups is 1. The first-order chi connectivity index (χ1) is 24.8. The number of nitrogens with zero attached hydrogens (tertiary/aromatic N) is 5. The molecule has 3 unspecified atom stereocenters. The molecule has 2 aliphatic carbocycles. The molecule has 2 aromatic heterocycles. The first-order valence-corrected chi connectivity index (χ1v) is 18.3. The predicted molar refractivity (Wildman–Crippen MR) is 194 cm³/mol. The van der Waals surface area contributed by atoms with Gasteiger partial charge in [-0.3, -0.25) is 4.90 Å². The van der Waals surface area contributed by atoms with Crippen molar-refractivity contribution in [1.82, 2.24) is 19.9 Å². The number of methoxy groups -OCH3 is 1. The number of benzene rings is 2. The number of aliphatic hydroxyl groups is 2. The third kappa shape index (κ3) is 5.87. The number of likely N-dealkylation sites (tertiary alicyclic amines) is 1. The summed E-state index contributed by atoms with van der Waals surface area (Å²) < 4.78 is 44.6. The van der Waals surface area contributed by atoms with Gasteiger partial charge in [-0.05, 0) is 95.3 Å². The van der Waals surface area contributed by atoms with Gasteiger partial charge < -0.3 is 29.7 Å². The Kier molecular flexibility index (Phi) is 8.47. The summed E-state index contributed by atoms with van der Waals surface area (Å²) in [5.74, 6) is 1.03. The number of ether oxygens (including phenoxy) is 2. The second-order valence-electron chi connectivity index (χ2n) is 16.0. The Balaban J connectivity index is 1.26. The lowest BCUT2D eigenvalue weighted by Gasteiger charge is -2.55. The van der Waals surface area contributed by atoms with Gasteiger partial charge in [0.05, 0.1) is 30.5 Å². The Bertz CT molecular complexity index is 2110. The number of fused-ring (bicyclic) bond motifs is 3. The zero-order valence-corrected chi connectivity index (χ0v) is 29.9. The second kappa shape index (κ2) is 12.7. The molecule has 52 heavy (non-hydrogen) atoms. The molecule has 10 nitrogen and oxygen atoms in total. The van der Waals surface area contributed by atoms with Crippen molar-refractivity contribution in [2.24, 2.45) is 5.41 Å². The molecular formula is C40H45F2N5O5. The second-order valence-corrected chi connectivity index (χ2v) is 16.0. The number of halogens is 2. The summed E-state index contributed by atoms with van der Waals surface area (Å²) in [5.41, 5.74) is -2.13. The topological polar surface area (TPSA) is 124 Å². The SMILES string of the molecule is C#Cc1c(F)ccc2cc(O)cc(-c3nc(OC)c4c(N5CCCC(C)(O)C5)nc(OCC56CCCC5N(C5CC(C)(O)C5)CCC6)nc4c3F)c12. The number of phenols is 1. The molecule has 2 saturated carbocycles. The lowest BCUT2D eigenvalue weighted by molar-refractivity contribution is -0.117. The number of hydrogen-bond acceptors (Lipinski definition) is 10. The van der Waals surface area contributed by atoms with E-state index in [9.17, 15) is 15.3 Å². The molecule has 8 rings (SSSR count). The number of pyridine rings is 1. The Hall–Kier alpha value is -4.31. The van der Waals surface area contributed by atoms with Crippen LogP contribution in [0.15, 0.2) is 24.3 Å². The van der Waals surface area contributed by atoms with Gasteiger partial charge in [0.1, 0.15) is 34.0 Å². The molecule has 274 valence electrons. The standard InChI is InChI=1S/C40H45F2N5O5/c1-5-26-28(41)11-10-23-17-25(48)18-27(30(23)26)33-32(42)34-31(36(43-33)51-4)35(46-15-7-12-38(2,49)21-46)45-37(44-34)52-22-40-13-6-9-29(40)47(16-8-14-40)24-19-39(3,50)20-24/h1,10-11,17-18,24,29,48-50H,6-9,12-16,19-22H2,2-4H3. The molecule has 4 aromatic rings. The van der Waals surface area contributed by atoms with Crippen LogP contribution in [0.25, 0.3) is 32.9 Å². The number of piperidine rings is 2. The zero-order valence-electron chi connectivity index (χ0n) is 29.9. The highest BCUT2D eigenvalue weighted by atomic mass is 19.1. The van der Waals surface area contributed by atoms with Crippen LogP contribution in [-0.4, -0.2) is 91.8 Å². The third-order valence-corrected chi connectivity index (χ3v) is 12.0. The summed E-state index contributed by atoms with van der Waals surface area (Å²) in [6.45, 7) is 5.78. The average molecular weight is 714 g/mol. The summed E-state index contributed by atoms with van der Waals surface area (Å²) in [5, 5.41) is 33.1. The molecule has 0 radical (unpaired) electrons. The maximum Gasteiger partial charge on any atom is 0.319 e. The average Bonchev–Trinajstić information content (AvgIpc) is 3.54. The maximum absolute atomic E-state index is 17.2. The molecule has 0 bridgehead atoms. The smallest absolute Gasteiger partial charge is 0.319 e. The van der Waals surface area contributed by atoms with Gasteiger partial charge in [-0.1, -0.05) is 18.4 Å². The molecule has 3 atom stereocenters. The van der Waals surface area contributed by atoms with E-state index in [2.05, 4.69) is 20.8 Å². The van der Waals surface area contributed by atoms with Crippen LogP contribution in [0.3, 0.4) is 0 Å². The van der Waals surface area contributed by atoms with Gasteiger partial charge in [0.25, 0.3) is 0 Å². The lowest BCUT2D eigenvalue weighted by atomic mass is 9.70. The first-order valence-electron chi connectivity index (χ1n) is 18.3. The van der Waals surface area contributed by atoms with Crippen LogP contribution < -0.4 is 14.4 Å². The molecule has 0 amide bonds. The summed E-state index contributed by atoms with van der Waals surface area (Å²) >= 11 is 0. The largest absolute Gasteiger partial charge is 0.508 e. The van der Waals surface area contributed by atoms with Crippen LogP contribution in [0.1, 0.15) is 77.2 Å². The molecular weight excluding hydrogens is 668 g/mol. The molecule has 0 spiro atoms. The van der Waals surface area contributed by atoms with Crippen molar-refractivity contribution in [3.63, 3.8) is 0 Å². The quantitative estimate of drug-likeness (QED) is 0.194. The van der Waals surface area contributed by atoms with Crippen LogP contribution >= 0.6 is 0 Å². The van der Waals surface area contributed by atoms with Crippen molar-refractivity contribution in [2.45, 2.75) is 94.9 Å². The Morgan fingerprint density at radius 1 is 0.981 bits per heavy atom. The fraction of sp³-hybridized carbons (Fsp3) is 0.525. The predicted octanol–water partition coefficient (Wildman–Crippen LogP) is 6.10. The van der Waals surface area contributed by atoms with Gasteiger partial charge in [-0.15, -0.1) is 6.42 Å². The summed E-state index contributed by atoms with van der Waals surface area (Å²) in [4.78, 5) is 18.6. The number of anilines is 1. The van der Waals surface area contributed by atoms with Crippen molar-refractivity contribution in [1.29, 1.82) is 0 Å². The number of terminal acetylenes is 1. The van der Waals surface area contributed by atoms with E-state index in [0.29, 0.717) is 49.3 Å². The fourth-order valence-electron chi connectivity index (χ4n) is 9.65. The third-order valence-electron chi connectivity index (χ3n) is 12.0. The Labute approximate surface area is 301 Å². The molecule has 12 heteroatoms. The first kappa shape index (κ1) is 34.8. The van der Waals surface area contributed by atoms with Gasteiger partial charge in [0.15, 0.2) is 5.82 Å². The minimum Gasteiger partial charge on any atom is -0.508 e. The maximum atomic E-state index is 17.2. The minimum absolute atomic E-state index is 0.00864. The van der Waals surface area contributed by atoms with Crippen LogP contribution in [0.2, 0.25) is 0 Å². The molecule has 2 aliphatic heterocycles. The van der Waals surface area contributed by atoms with Crippen LogP contribution in [0.5, 0.6) is 17.6 Å². The Morgan fingerprint density at radius 3 is 2.48 bits per heavy atom. The number of β-amino-alcohol motifs (C(OH)–C–C–N with tert-alkyl or cyclic N) is 1. The number of aromatic nitrogens is 3. The monoisotopic (exact) mass is 713 g/mol. The van der Waals surface area contributed by atoms with Crippen LogP contribution in [0.4, 0.5) is 14.6 Å². The van der Waals surface area contributed by atoms with Gasteiger partial charge in [-0.25, -0.2) is 13.8 Å². The number of hydrogen-bond donors (Lipinski definition) is 3. The summed E-state index contributed by atoms with van der Waals surface area (Å²) in [7, 11) is 1.41. The fourth-order valence-corrected chi connectivity index (χ4v) is 9.65. The highest BCUT2D eigenvalue weighted by Crippen LogP contribution is 2.51. The zero-order chi connectivity index (χ0) is 36.6. The van der Waals surface area contributed by atoms with Crippen molar-refractivity contribution in [3.8, 4) is 41.2 Å². The van der Waals surface area contributed by atoms with E-state index in [4.69, 9.17) is 20.9 Å². The number of rotatable bonds is 7. The highest BCUT2D eigenvalue weighted by Gasteiger charge is 2.53. The molecule has 4 aliphatic rings. The molecule has 4 heterocycles. The van der Waals surface area contributed by atoms with Crippen molar-refractivity contribution >= 4 is 27.5 Å². The van der Waals surface area contributed by atoms with Gasteiger partial charge in [0.2, 0.25) is 5.88 Å². The van der Waals surface area contributed by atoms with Crippen molar-refractivity contribution in [3.05, 3.63) is 41.5 Å². The van der Waals surface area contributed by atoms with Gasteiger partial charge >= 0.3 is 6.01 Å². The molecule has 2 saturated heterocycles. The van der Waals surface area contributed by atoms with E-state index in [1.165, 1.54) is 31.4 Å². The number of phenolic OH excluding ortho intramolecular Hbond substituents is 1. The Morgan fingerprint density at radius 2 is 1.75 bits per heavy atom. The lowest BCUT2D eigenvalue weighted by Crippen LogP contribution is -2.61. The highest BCUT2D eigenvalue weighted by molar-refractivity contribution is 6.04. The van der Waals surface area contributed by atoms with Gasteiger partial charge in [-0.2, -0.15) is 9.97 Å². The van der Waals surface area contributed by atoms with E-state index in [-0.39, 0.29) is 62.7 Å². The van der Waals surface area contributed by atoms with E-state index < -0.39 is 22.8 Å². The van der Waals surface area contributed by atoms with Crippen molar-refractivity contribution < 1.29 is 33.6 Å². The van der Waals surface area contributed by atoms with Gasteiger partial charge in [0, 0.05) is 41.5 Å². The van der Waals surface area contributed by atoms with Crippen molar-refractivity contribution in [2.75, 3.05) is 38.3 Å². The minimum atomic E-state index is -1.01. The van der Waals surface area contributed by atoms with E-state index in [0.717, 1.165) is 51.5 Å². The normalized spacial score (nSPS) is 29.2. The van der Waals surface area contributed by atoms with E-state index in [1.807, 2.05) is 11.8 Å². The van der Waals surface area contributed by atoms with Crippen LogP contribution in [-0.2, 0) is 0 Å². The van der Waals surface area contributed by atoms with E-state index in [1.54, 1.807) is 6.92 Å². The summed E-state index contributed by atoms with van der Waals surface area (Å²) in [6, 6.07) is 6.04.